The highest BCUT2D eigenvalue weighted by molar-refractivity contribution is 5.72. The van der Waals surface area contributed by atoms with Crippen LogP contribution < -0.4 is 15.8 Å². The van der Waals surface area contributed by atoms with Crippen LogP contribution in [0.25, 0.3) is 0 Å². The number of benzene rings is 1. The number of nitrogen functional groups attached to an aromatic ring is 1. The van der Waals surface area contributed by atoms with Gasteiger partial charge >= 0.3 is 0 Å². The van der Waals surface area contributed by atoms with Crippen LogP contribution in [0.15, 0.2) is 18.2 Å². The van der Waals surface area contributed by atoms with Gasteiger partial charge in [-0.2, -0.15) is 0 Å². The highest BCUT2D eigenvalue weighted by Crippen LogP contribution is 2.28. The summed E-state index contributed by atoms with van der Waals surface area (Å²) < 4.78 is 5.20. The van der Waals surface area contributed by atoms with Crippen molar-refractivity contribution in [1.82, 2.24) is 4.90 Å². The van der Waals surface area contributed by atoms with Gasteiger partial charge in [-0.15, -0.1) is 0 Å². The average Bonchev–Trinajstić information content (AvgIpc) is 2.89. The van der Waals surface area contributed by atoms with Crippen molar-refractivity contribution in [3.8, 4) is 5.75 Å². The number of hydrogen-bond donors (Lipinski definition) is 2. The molecule has 0 amide bonds. The Morgan fingerprint density at radius 2 is 2.11 bits per heavy atom. The molecule has 0 aromatic heterocycles. The van der Waals surface area contributed by atoms with Crippen LogP contribution in [0.2, 0.25) is 0 Å². The van der Waals surface area contributed by atoms with Crippen LogP contribution in [0.3, 0.4) is 0 Å². The van der Waals surface area contributed by atoms with E-state index in [0.29, 0.717) is 5.69 Å². The number of nitrogens with one attached hydrogen (secondary N) is 1. The maximum absolute atomic E-state index is 6.00. The van der Waals surface area contributed by atoms with E-state index in [1.165, 1.54) is 32.5 Å². The topological polar surface area (TPSA) is 50.5 Å². The van der Waals surface area contributed by atoms with Crippen molar-refractivity contribution in [3.63, 3.8) is 0 Å². The maximum atomic E-state index is 6.00. The standard InChI is InChI=1S/C14H23N3O/c1-18-13-7-4-6-12(14(13)15)16-8-5-11-17-9-2-3-10-17/h4,6-7,16H,2-3,5,8-11,15H2,1H3. The zero-order valence-electron chi connectivity index (χ0n) is 11.1. The van der Waals surface area contributed by atoms with E-state index in [2.05, 4.69) is 10.2 Å². The minimum Gasteiger partial charge on any atom is -0.495 e. The van der Waals surface area contributed by atoms with Gasteiger partial charge in [0.2, 0.25) is 0 Å². The molecule has 0 atom stereocenters. The van der Waals surface area contributed by atoms with Gasteiger partial charge in [-0.3, -0.25) is 0 Å². The molecule has 18 heavy (non-hydrogen) atoms. The predicted molar refractivity (Wildman–Crippen MR) is 76.2 cm³/mol. The SMILES string of the molecule is COc1cccc(NCCCN2CCCC2)c1N. The van der Waals surface area contributed by atoms with E-state index in [9.17, 15) is 0 Å². The fourth-order valence-corrected chi connectivity index (χ4v) is 2.41. The third-order valence-electron chi connectivity index (χ3n) is 3.45. The van der Waals surface area contributed by atoms with E-state index in [4.69, 9.17) is 10.5 Å². The molecule has 4 heteroatoms. The first-order valence-electron chi connectivity index (χ1n) is 6.70. The van der Waals surface area contributed by atoms with E-state index in [-0.39, 0.29) is 0 Å². The highest BCUT2D eigenvalue weighted by Gasteiger charge is 2.10. The van der Waals surface area contributed by atoms with Crippen molar-refractivity contribution in [2.24, 2.45) is 0 Å². The third-order valence-corrected chi connectivity index (χ3v) is 3.45. The van der Waals surface area contributed by atoms with Crippen LogP contribution >= 0.6 is 0 Å². The Kier molecular flexibility index (Phi) is 4.70. The third kappa shape index (κ3) is 3.29. The lowest BCUT2D eigenvalue weighted by atomic mass is 10.2. The molecule has 0 spiro atoms. The molecule has 3 N–H and O–H groups in total. The molecule has 1 aromatic carbocycles. The second-order valence-electron chi connectivity index (χ2n) is 4.75. The monoisotopic (exact) mass is 249 g/mol. The van der Waals surface area contributed by atoms with E-state index in [1.807, 2.05) is 18.2 Å². The Morgan fingerprint density at radius 1 is 1.33 bits per heavy atom. The van der Waals surface area contributed by atoms with Crippen molar-refractivity contribution < 1.29 is 4.74 Å². The summed E-state index contributed by atoms with van der Waals surface area (Å²) in [6.45, 7) is 4.66. The molecule has 0 saturated carbocycles. The van der Waals surface area contributed by atoms with Gasteiger partial charge in [-0.1, -0.05) is 6.07 Å². The summed E-state index contributed by atoms with van der Waals surface area (Å²) in [5.41, 5.74) is 7.66. The van der Waals surface area contributed by atoms with Crippen LogP contribution in [0.1, 0.15) is 19.3 Å². The number of nitrogens with two attached hydrogens (primary N) is 1. The van der Waals surface area contributed by atoms with Crippen molar-refractivity contribution >= 4 is 11.4 Å². The molecule has 0 unspecified atom stereocenters. The van der Waals surface area contributed by atoms with Gasteiger partial charge in [0.25, 0.3) is 0 Å². The lowest BCUT2D eigenvalue weighted by Crippen LogP contribution is -2.22. The average molecular weight is 249 g/mol. The summed E-state index contributed by atoms with van der Waals surface area (Å²) in [5, 5.41) is 3.38. The predicted octanol–water partition coefficient (Wildman–Crippen LogP) is 2.18. The quantitative estimate of drug-likeness (QED) is 0.599. The largest absolute Gasteiger partial charge is 0.495 e. The van der Waals surface area contributed by atoms with Gasteiger partial charge in [-0.05, 0) is 51.0 Å². The van der Waals surface area contributed by atoms with Gasteiger partial charge in [0.15, 0.2) is 0 Å². The molecule has 0 aliphatic carbocycles. The smallest absolute Gasteiger partial charge is 0.143 e. The van der Waals surface area contributed by atoms with Crippen molar-refractivity contribution in [3.05, 3.63) is 18.2 Å². The van der Waals surface area contributed by atoms with Crippen molar-refractivity contribution in [2.45, 2.75) is 19.3 Å². The van der Waals surface area contributed by atoms with Crippen LogP contribution in [0.5, 0.6) is 5.75 Å². The lowest BCUT2D eigenvalue weighted by Gasteiger charge is -2.16. The number of anilines is 2. The first-order valence-corrected chi connectivity index (χ1v) is 6.70. The summed E-state index contributed by atoms with van der Waals surface area (Å²) in [7, 11) is 1.64. The zero-order chi connectivity index (χ0) is 12.8. The van der Waals surface area contributed by atoms with E-state index >= 15 is 0 Å². The molecule has 100 valence electrons. The van der Waals surface area contributed by atoms with Gasteiger partial charge in [0, 0.05) is 6.54 Å². The molecule has 1 saturated heterocycles. The van der Waals surface area contributed by atoms with Crippen LogP contribution in [-0.2, 0) is 0 Å². The molecule has 1 aliphatic heterocycles. The normalized spacial score (nSPS) is 15.8. The zero-order valence-corrected chi connectivity index (χ0v) is 11.1. The van der Waals surface area contributed by atoms with E-state index in [1.54, 1.807) is 7.11 Å². The number of hydrogen-bond acceptors (Lipinski definition) is 4. The highest BCUT2D eigenvalue weighted by atomic mass is 16.5. The van der Waals surface area contributed by atoms with Gasteiger partial charge < -0.3 is 20.7 Å². The van der Waals surface area contributed by atoms with Gasteiger partial charge in [0.1, 0.15) is 5.75 Å². The summed E-state index contributed by atoms with van der Waals surface area (Å²) >= 11 is 0. The van der Waals surface area contributed by atoms with E-state index < -0.39 is 0 Å². The molecule has 4 nitrogen and oxygen atoms in total. The van der Waals surface area contributed by atoms with E-state index in [0.717, 1.165) is 24.4 Å². The Bertz CT molecular complexity index is 375. The molecule has 1 fully saturated rings. The summed E-state index contributed by atoms with van der Waals surface area (Å²) in [5.74, 6) is 0.736. The number of nitrogens with zero attached hydrogens (tertiary/aromatic N) is 1. The lowest BCUT2D eigenvalue weighted by molar-refractivity contribution is 0.337. The van der Waals surface area contributed by atoms with Gasteiger partial charge in [-0.25, -0.2) is 0 Å². The molecule has 2 rings (SSSR count). The second-order valence-corrected chi connectivity index (χ2v) is 4.75. The molecule has 0 radical (unpaired) electrons. The summed E-state index contributed by atoms with van der Waals surface area (Å²) in [4.78, 5) is 2.52. The fraction of sp³-hybridized carbons (Fsp3) is 0.571. The first kappa shape index (κ1) is 13.0. The fourth-order valence-electron chi connectivity index (χ4n) is 2.41. The number of likely N-dealkylation sites (tertiary alicyclic amines) is 1. The number of ether oxygens (including phenoxy) is 1. The second kappa shape index (κ2) is 6.50. The molecular formula is C14H23N3O. The number of rotatable bonds is 6. The molecule has 0 bridgehead atoms. The Hall–Kier alpha value is -1.42. The molecule has 1 aliphatic rings. The minimum atomic E-state index is 0.696. The summed E-state index contributed by atoms with van der Waals surface area (Å²) in [6.07, 6.45) is 3.86. The van der Waals surface area contributed by atoms with Crippen molar-refractivity contribution in [1.29, 1.82) is 0 Å². The van der Waals surface area contributed by atoms with Crippen LogP contribution in [0.4, 0.5) is 11.4 Å². The first-order chi connectivity index (χ1) is 8.81. The Labute approximate surface area is 109 Å². The van der Waals surface area contributed by atoms with Crippen LogP contribution in [-0.4, -0.2) is 38.2 Å². The maximum Gasteiger partial charge on any atom is 0.143 e. The van der Waals surface area contributed by atoms with Crippen molar-refractivity contribution in [2.75, 3.05) is 44.3 Å². The number of para-hydroxylation sites is 1. The molecular weight excluding hydrogens is 226 g/mol. The summed E-state index contributed by atoms with van der Waals surface area (Å²) in [6, 6.07) is 5.83. The minimum absolute atomic E-state index is 0.696. The number of methoxy groups -OCH3 is 1. The van der Waals surface area contributed by atoms with Crippen LogP contribution in [0, 0.1) is 0 Å². The molecule has 1 heterocycles. The Balaban J connectivity index is 1.75. The molecule has 1 aromatic rings. The van der Waals surface area contributed by atoms with Gasteiger partial charge in [0.05, 0.1) is 18.5 Å². The Morgan fingerprint density at radius 3 is 2.83 bits per heavy atom.